The molecule has 1 nitrogen and oxygen atoms in total. The van der Waals surface area contributed by atoms with Gasteiger partial charge >= 0.3 is 0 Å². The second kappa shape index (κ2) is 10.2. The third-order valence-electron chi connectivity index (χ3n) is 9.86. The highest BCUT2D eigenvalue weighted by Gasteiger charge is 2.16. The van der Waals surface area contributed by atoms with Gasteiger partial charge in [-0.2, -0.15) is 0 Å². The van der Waals surface area contributed by atoms with Gasteiger partial charge in [-0.3, -0.25) is 0 Å². The molecule has 10 rings (SSSR count). The summed E-state index contributed by atoms with van der Waals surface area (Å²) in [6.07, 6.45) is 0. The molecule has 0 radical (unpaired) electrons. The molecule has 0 atom stereocenters. The highest BCUT2D eigenvalue weighted by molar-refractivity contribution is 6.27. The first-order valence-corrected chi connectivity index (χ1v) is 16.2. The minimum Gasteiger partial charge on any atom is -0.455 e. The fourth-order valence-electron chi connectivity index (χ4n) is 7.61. The molecule has 9 aromatic carbocycles. The van der Waals surface area contributed by atoms with Gasteiger partial charge in [-0.1, -0.05) is 158 Å². The van der Waals surface area contributed by atoms with Crippen molar-refractivity contribution in [1.29, 1.82) is 0 Å². The van der Waals surface area contributed by atoms with E-state index in [1.165, 1.54) is 65.7 Å². The summed E-state index contributed by atoms with van der Waals surface area (Å²) in [5, 5.41) is 10.0. The average molecular weight is 597 g/mol. The number of hydrogen-bond acceptors (Lipinski definition) is 1. The Bertz CT molecular complexity index is 2770. The van der Waals surface area contributed by atoms with Crippen molar-refractivity contribution in [3.05, 3.63) is 170 Å². The van der Waals surface area contributed by atoms with Crippen LogP contribution < -0.4 is 0 Å². The highest BCUT2D eigenvalue weighted by Crippen LogP contribution is 2.43. The maximum absolute atomic E-state index is 6.41. The van der Waals surface area contributed by atoms with E-state index in [-0.39, 0.29) is 0 Å². The number of para-hydroxylation sites is 2. The van der Waals surface area contributed by atoms with E-state index >= 15 is 0 Å². The van der Waals surface area contributed by atoms with Crippen LogP contribution in [0.5, 0.6) is 0 Å². The first-order chi connectivity index (χ1) is 23.3. The topological polar surface area (TPSA) is 13.1 Å². The molecule has 1 heteroatoms. The maximum Gasteiger partial charge on any atom is 0.143 e. The fraction of sp³-hybridized carbons (Fsp3) is 0. The summed E-state index contributed by atoms with van der Waals surface area (Å²) >= 11 is 0. The Hall–Kier alpha value is -6.18. The van der Waals surface area contributed by atoms with Gasteiger partial charge in [0, 0.05) is 16.3 Å². The quantitative estimate of drug-likeness (QED) is 0.184. The van der Waals surface area contributed by atoms with Crippen LogP contribution in [0, 0.1) is 0 Å². The highest BCUT2D eigenvalue weighted by atomic mass is 16.3. The molecule has 218 valence electrons. The number of hydrogen-bond donors (Lipinski definition) is 0. The van der Waals surface area contributed by atoms with Crippen molar-refractivity contribution in [3.8, 4) is 44.5 Å². The van der Waals surface area contributed by atoms with Crippen LogP contribution in [0.3, 0.4) is 0 Å². The van der Waals surface area contributed by atoms with Crippen LogP contribution in [0.15, 0.2) is 174 Å². The van der Waals surface area contributed by atoms with Crippen LogP contribution in [0.25, 0.3) is 98.8 Å². The first kappa shape index (κ1) is 26.1. The number of rotatable bonds is 4. The van der Waals surface area contributed by atoms with Gasteiger partial charge in [-0.15, -0.1) is 0 Å². The molecule has 0 spiro atoms. The Balaban J connectivity index is 1.13. The summed E-state index contributed by atoms with van der Waals surface area (Å²) in [6, 6.07) is 61.5. The normalized spacial score (nSPS) is 11.8. The molecule has 0 aliphatic heterocycles. The third-order valence-corrected chi connectivity index (χ3v) is 9.86. The summed E-state index contributed by atoms with van der Waals surface area (Å²) in [7, 11) is 0. The molecule has 0 saturated carbocycles. The summed E-state index contributed by atoms with van der Waals surface area (Å²) in [5.74, 6) is 0. The molecule has 1 aromatic heterocycles. The molecule has 10 aromatic rings. The van der Waals surface area contributed by atoms with Crippen molar-refractivity contribution in [2.24, 2.45) is 0 Å². The smallest absolute Gasteiger partial charge is 0.143 e. The zero-order valence-electron chi connectivity index (χ0n) is 25.6. The Morgan fingerprint density at radius 1 is 0.298 bits per heavy atom. The molecule has 1 heterocycles. The summed E-state index contributed by atoms with van der Waals surface area (Å²) in [5.41, 5.74) is 11.5. The van der Waals surface area contributed by atoms with Crippen LogP contribution in [-0.4, -0.2) is 0 Å². The third kappa shape index (κ3) is 4.03. The van der Waals surface area contributed by atoms with E-state index in [0.29, 0.717) is 0 Å². The van der Waals surface area contributed by atoms with Crippen molar-refractivity contribution in [2.45, 2.75) is 0 Å². The minimum atomic E-state index is 0.921. The lowest BCUT2D eigenvalue weighted by atomic mass is 9.86. The second-order valence-corrected chi connectivity index (χ2v) is 12.5. The molecule has 0 bridgehead atoms. The molecule has 0 N–H and O–H groups in total. The summed E-state index contributed by atoms with van der Waals surface area (Å²) in [4.78, 5) is 0. The molecular formula is C46H28O. The molecule has 0 amide bonds. The monoisotopic (exact) mass is 596 g/mol. The molecular weight excluding hydrogens is 569 g/mol. The molecule has 0 unspecified atom stereocenters. The molecule has 47 heavy (non-hydrogen) atoms. The minimum absolute atomic E-state index is 0.921. The van der Waals surface area contributed by atoms with Crippen LogP contribution in [0.1, 0.15) is 0 Å². The van der Waals surface area contributed by atoms with Gasteiger partial charge in [0.25, 0.3) is 0 Å². The maximum atomic E-state index is 6.41. The van der Waals surface area contributed by atoms with Crippen LogP contribution >= 0.6 is 0 Å². The predicted molar refractivity (Wildman–Crippen MR) is 199 cm³/mol. The standard InChI is InChI=1S/C46H28O/c1-2-8-29(9-3-1)30-16-18-31(19-17-30)36-24-20-32-23-27-41-37(25-21-33-22-26-40(36)44(32)45(33)41)34-10-6-11-35(28-34)38-13-7-14-42-39-12-4-5-15-43(39)47-46(38)42/h1-28H. The lowest BCUT2D eigenvalue weighted by Crippen LogP contribution is -1.90. The molecule has 0 aliphatic carbocycles. The van der Waals surface area contributed by atoms with E-state index < -0.39 is 0 Å². The lowest BCUT2D eigenvalue weighted by molar-refractivity contribution is 0.670. The van der Waals surface area contributed by atoms with E-state index in [2.05, 4.69) is 158 Å². The summed E-state index contributed by atoms with van der Waals surface area (Å²) in [6.45, 7) is 0. The van der Waals surface area contributed by atoms with Crippen molar-refractivity contribution in [1.82, 2.24) is 0 Å². The van der Waals surface area contributed by atoms with Gasteiger partial charge in [-0.25, -0.2) is 0 Å². The van der Waals surface area contributed by atoms with Crippen molar-refractivity contribution in [2.75, 3.05) is 0 Å². The van der Waals surface area contributed by atoms with Crippen molar-refractivity contribution in [3.63, 3.8) is 0 Å². The van der Waals surface area contributed by atoms with Gasteiger partial charge in [0.2, 0.25) is 0 Å². The van der Waals surface area contributed by atoms with E-state index in [9.17, 15) is 0 Å². The van der Waals surface area contributed by atoms with Gasteiger partial charge < -0.3 is 4.42 Å². The second-order valence-electron chi connectivity index (χ2n) is 12.5. The Kier molecular flexibility index (Phi) is 5.64. The van der Waals surface area contributed by atoms with Crippen LogP contribution in [0.4, 0.5) is 0 Å². The lowest BCUT2D eigenvalue weighted by Gasteiger charge is -2.17. The number of furan rings is 1. The van der Waals surface area contributed by atoms with Crippen molar-refractivity contribution < 1.29 is 4.42 Å². The zero-order chi connectivity index (χ0) is 30.9. The zero-order valence-corrected chi connectivity index (χ0v) is 25.6. The largest absolute Gasteiger partial charge is 0.455 e. The predicted octanol–water partition coefficient (Wildman–Crippen LogP) is 13.2. The Morgan fingerprint density at radius 3 is 1.57 bits per heavy atom. The Labute approximate surface area is 272 Å². The fourth-order valence-corrected chi connectivity index (χ4v) is 7.61. The van der Waals surface area contributed by atoms with Crippen molar-refractivity contribution >= 4 is 54.3 Å². The van der Waals surface area contributed by atoms with E-state index in [1.54, 1.807) is 0 Å². The molecule has 0 aliphatic rings. The van der Waals surface area contributed by atoms with E-state index in [0.717, 1.165) is 33.1 Å². The van der Waals surface area contributed by atoms with Crippen LogP contribution in [0.2, 0.25) is 0 Å². The van der Waals surface area contributed by atoms with E-state index in [1.807, 2.05) is 12.1 Å². The average Bonchev–Trinajstić information content (AvgIpc) is 3.53. The van der Waals surface area contributed by atoms with Gasteiger partial charge in [-0.05, 0) is 83.4 Å². The van der Waals surface area contributed by atoms with Gasteiger partial charge in [0.05, 0.1) is 0 Å². The van der Waals surface area contributed by atoms with Gasteiger partial charge in [0.1, 0.15) is 11.2 Å². The van der Waals surface area contributed by atoms with Gasteiger partial charge in [0.15, 0.2) is 0 Å². The molecule has 0 saturated heterocycles. The summed E-state index contributed by atoms with van der Waals surface area (Å²) < 4.78 is 6.41. The Morgan fingerprint density at radius 2 is 0.830 bits per heavy atom. The van der Waals surface area contributed by atoms with Crippen LogP contribution in [-0.2, 0) is 0 Å². The SMILES string of the molecule is c1ccc(-c2ccc(-c3ccc4ccc5c(-c6cccc(-c7cccc8c7oc7ccccc78)c6)ccc6ccc3c4c65)cc2)cc1. The number of fused-ring (bicyclic) bond motifs is 3. The first-order valence-electron chi connectivity index (χ1n) is 16.2. The van der Waals surface area contributed by atoms with E-state index in [4.69, 9.17) is 4.42 Å². The molecule has 0 fully saturated rings. The number of benzene rings is 9.